The number of rotatable bonds is 4. The Labute approximate surface area is 146 Å². The van der Waals surface area contributed by atoms with Crippen LogP contribution in [0.25, 0.3) is 11.0 Å². The Balaban J connectivity index is 1.78. The number of hydrogen-bond donors (Lipinski definition) is 1. The summed E-state index contributed by atoms with van der Waals surface area (Å²) in [4.78, 5) is 34.1. The molecule has 0 radical (unpaired) electrons. The lowest BCUT2D eigenvalue weighted by Crippen LogP contribution is -2.31. The van der Waals surface area contributed by atoms with E-state index in [0.29, 0.717) is 0 Å². The van der Waals surface area contributed by atoms with E-state index in [1.54, 1.807) is 30.8 Å². The summed E-state index contributed by atoms with van der Waals surface area (Å²) in [6.07, 6.45) is 1.11. The third-order valence-electron chi connectivity index (χ3n) is 3.78. The molecular formula is C15H14N5O4S-. The van der Waals surface area contributed by atoms with Gasteiger partial charge in [-0.3, -0.25) is 13.9 Å². The van der Waals surface area contributed by atoms with Crippen LogP contribution >= 0.6 is 11.8 Å². The van der Waals surface area contributed by atoms with Gasteiger partial charge < -0.3 is 15.2 Å². The van der Waals surface area contributed by atoms with Gasteiger partial charge in [0.05, 0.1) is 22.5 Å². The molecule has 9 nitrogen and oxygen atoms in total. The smallest absolute Gasteiger partial charge is 0.328 e. The number of carbonyl (C=O) groups is 2. The normalized spacial score (nSPS) is 19.2. The number of carbonyl (C=O) groups excluding carboxylic acids is 2. The molecule has 2 heterocycles. The molecule has 1 aromatic heterocycles. The maximum Gasteiger partial charge on any atom is 0.328 e. The van der Waals surface area contributed by atoms with Gasteiger partial charge in [-0.2, -0.15) is 5.10 Å². The largest absolute Gasteiger partial charge is 0.550 e. The van der Waals surface area contributed by atoms with E-state index in [1.165, 1.54) is 10.8 Å². The molecule has 1 atom stereocenters. The minimum absolute atomic E-state index is 0.117. The van der Waals surface area contributed by atoms with Gasteiger partial charge >= 0.3 is 5.69 Å². The zero-order valence-corrected chi connectivity index (χ0v) is 14.2. The van der Waals surface area contributed by atoms with Crippen molar-refractivity contribution in [2.75, 3.05) is 0 Å². The molecule has 0 saturated carbocycles. The van der Waals surface area contributed by atoms with Crippen molar-refractivity contribution in [2.45, 2.75) is 11.7 Å². The fraction of sp³-hybridized carbons (Fsp3) is 0.267. The van der Waals surface area contributed by atoms with Crippen LogP contribution in [0.3, 0.4) is 0 Å². The number of hydrogen-bond acceptors (Lipinski definition) is 7. The zero-order valence-electron chi connectivity index (χ0n) is 13.4. The van der Waals surface area contributed by atoms with Gasteiger partial charge in [0.1, 0.15) is 0 Å². The molecule has 1 N–H and O–H groups in total. The van der Waals surface area contributed by atoms with Crippen molar-refractivity contribution in [3.05, 3.63) is 34.2 Å². The second kappa shape index (κ2) is 6.55. The zero-order chi connectivity index (χ0) is 18.1. The fourth-order valence-corrected chi connectivity index (χ4v) is 3.40. The fourth-order valence-electron chi connectivity index (χ4n) is 2.49. The number of nitrogens with zero attached hydrogens (tertiary/aromatic N) is 4. The van der Waals surface area contributed by atoms with Crippen LogP contribution in [0.1, 0.15) is 12.0 Å². The first kappa shape index (κ1) is 17.0. The molecule has 10 heteroatoms. The van der Waals surface area contributed by atoms with Gasteiger partial charge in [-0.15, -0.1) is 5.10 Å². The number of aryl methyl sites for hydroxylation is 2. The molecule has 1 amide bonds. The summed E-state index contributed by atoms with van der Waals surface area (Å²) in [6, 6.07) is 5.41. The first-order chi connectivity index (χ1) is 11.9. The van der Waals surface area contributed by atoms with Gasteiger partial charge in [0.2, 0.25) is 5.91 Å². The summed E-state index contributed by atoms with van der Waals surface area (Å²) < 4.78 is 3.09. The number of imidazole rings is 1. The average molecular weight is 360 g/mol. The van der Waals surface area contributed by atoms with Crippen molar-refractivity contribution in [1.82, 2.24) is 14.5 Å². The molecular weight excluding hydrogens is 346 g/mol. The lowest BCUT2D eigenvalue weighted by atomic mass is 10.2. The summed E-state index contributed by atoms with van der Waals surface area (Å²) in [5.74, 6) is -1.72. The number of carboxylic acids is 1. The monoisotopic (exact) mass is 360 g/mol. The Morgan fingerprint density at radius 3 is 2.76 bits per heavy atom. The second-order valence-electron chi connectivity index (χ2n) is 5.47. The van der Waals surface area contributed by atoms with Crippen LogP contribution in [-0.4, -0.2) is 37.6 Å². The average Bonchev–Trinajstić information content (AvgIpc) is 3.00. The van der Waals surface area contributed by atoms with Gasteiger partial charge in [-0.05, 0) is 17.7 Å². The number of aliphatic carboxylic acids is 1. The minimum atomic E-state index is -1.29. The van der Waals surface area contributed by atoms with Gasteiger partial charge in [0, 0.05) is 26.5 Å². The molecule has 1 aliphatic rings. The van der Waals surface area contributed by atoms with E-state index in [0.717, 1.165) is 28.4 Å². The van der Waals surface area contributed by atoms with E-state index in [1.807, 2.05) is 6.07 Å². The van der Waals surface area contributed by atoms with E-state index >= 15 is 0 Å². The summed E-state index contributed by atoms with van der Waals surface area (Å²) in [5.41, 5.74) is 2.19. The highest BCUT2D eigenvalue weighted by Gasteiger charge is 2.30. The highest BCUT2D eigenvalue weighted by molar-refractivity contribution is 8.15. The van der Waals surface area contributed by atoms with E-state index in [2.05, 4.69) is 15.5 Å². The van der Waals surface area contributed by atoms with Gasteiger partial charge in [-0.25, -0.2) is 4.79 Å². The van der Waals surface area contributed by atoms with Crippen LogP contribution in [0.5, 0.6) is 0 Å². The van der Waals surface area contributed by atoms with Crippen LogP contribution in [0.2, 0.25) is 0 Å². The van der Waals surface area contributed by atoms with Gasteiger partial charge in [0.15, 0.2) is 5.17 Å². The number of amidine groups is 1. The van der Waals surface area contributed by atoms with E-state index in [9.17, 15) is 19.5 Å². The summed E-state index contributed by atoms with van der Waals surface area (Å²) in [5, 5.41) is 20.3. The standard InChI is InChI=1S/C15H15N5O4S/c1-19-9-4-3-8(5-10(9)20(2)15(19)24)7-16-18-14-17-13(23)11(25-14)6-12(21)22/h3-5,7,11H,6H2,1-2H3,(H,21,22)(H,17,18,23)/p-1/b16-7-/t11-/m1/s1. The van der Waals surface area contributed by atoms with Crippen LogP contribution in [0, 0.1) is 0 Å². The van der Waals surface area contributed by atoms with Crippen molar-refractivity contribution in [3.8, 4) is 0 Å². The highest BCUT2D eigenvalue weighted by Crippen LogP contribution is 2.22. The van der Waals surface area contributed by atoms with Gasteiger partial charge in [0.25, 0.3) is 0 Å². The van der Waals surface area contributed by atoms with E-state index < -0.39 is 17.1 Å². The third-order valence-corrected chi connectivity index (χ3v) is 4.85. The molecule has 25 heavy (non-hydrogen) atoms. The number of carboxylic acid groups (broad SMARTS) is 1. The van der Waals surface area contributed by atoms with Crippen LogP contribution in [0.15, 0.2) is 33.2 Å². The molecule has 3 rings (SSSR count). The summed E-state index contributed by atoms with van der Waals surface area (Å²) in [7, 11) is 3.39. The molecule has 1 saturated heterocycles. The van der Waals surface area contributed by atoms with Crippen molar-refractivity contribution < 1.29 is 14.7 Å². The number of thioether (sulfide) groups is 1. The molecule has 2 aromatic rings. The lowest BCUT2D eigenvalue weighted by molar-refractivity contribution is -0.305. The number of benzene rings is 1. The lowest BCUT2D eigenvalue weighted by Gasteiger charge is -2.04. The Hall–Kier alpha value is -2.88. The minimum Gasteiger partial charge on any atom is -0.550 e. The van der Waals surface area contributed by atoms with Crippen molar-refractivity contribution in [2.24, 2.45) is 24.3 Å². The van der Waals surface area contributed by atoms with Crippen molar-refractivity contribution >= 4 is 46.1 Å². The van der Waals surface area contributed by atoms with Crippen LogP contribution in [0.4, 0.5) is 0 Å². The number of nitrogens with one attached hydrogen (secondary N) is 1. The van der Waals surface area contributed by atoms with E-state index in [4.69, 9.17) is 0 Å². The molecule has 1 aromatic carbocycles. The van der Waals surface area contributed by atoms with Crippen LogP contribution in [-0.2, 0) is 23.7 Å². The predicted molar refractivity (Wildman–Crippen MR) is 92.3 cm³/mol. The maximum absolute atomic E-state index is 11.9. The summed E-state index contributed by atoms with van der Waals surface area (Å²) >= 11 is 0.999. The SMILES string of the molecule is Cn1c(=O)n(C)c2cc(/C=N\N=C3/NC(=O)[C@@H](CC(=O)[O-])S3)ccc21. The van der Waals surface area contributed by atoms with Crippen molar-refractivity contribution in [3.63, 3.8) is 0 Å². The Bertz CT molecular complexity index is 988. The number of amides is 1. The van der Waals surface area contributed by atoms with E-state index in [-0.39, 0.29) is 17.3 Å². The summed E-state index contributed by atoms with van der Waals surface area (Å²) in [6.45, 7) is 0. The molecule has 0 aliphatic carbocycles. The topological polar surface area (TPSA) is 121 Å². The molecule has 0 bridgehead atoms. The molecule has 1 fully saturated rings. The number of fused-ring (bicyclic) bond motifs is 1. The van der Waals surface area contributed by atoms with Gasteiger partial charge in [-0.1, -0.05) is 17.8 Å². The molecule has 0 spiro atoms. The number of aromatic nitrogens is 2. The molecule has 130 valence electrons. The molecule has 0 unspecified atom stereocenters. The Kier molecular flexibility index (Phi) is 4.45. The quantitative estimate of drug-likeness (QED) is 0.550. The predicted octanol–water partition coefficient (Wildman–Crippen LogP) is -1.06. The Morgan fingerprint density at radius 1 is 1.32 bits per heavy atom. The second-order valence-corrected chi connectivity index (χ2v) is 6.66. The van der Waals surface area contributed by atoms with Crippen molar-refractivity contribution in [1.29, 1.82) is 0 Å². The maximum atomic E-state index is 11.9. The first-order valence-electron chi connectivity index (χ1n) is 7.30. The Morgan fingerprint density at radius 2 is 2.04 bits per heavy atom. The highest BCUT2D eigenvalue weighted by atomic mass is 32.2. The first-order valence-corrected chi connectivity index (χ1v) is 8.18. The van der Waals surface area contributed by atoms with Crippen LogP contribution < -0.4 is 16.1 Å². The third kappa shape index (κ3) is 3.33. The molecule has 1 aliphatic heterocycles.